The van der Waals surface area contributed by atoms with E-state index in [2.05, 4.69) is 22.3 Å². The van der Waals surface area contributed by atoms with Crippen LogP contribution < -0.4 is 5.32 Å². The third kappa shape index (κ3) is 4.22. The number of nitrogens with zero attached hydrogens (tertiary/aromatic N) is 2. The number of amides is 1. The van der Waals surface area contributed by atoms with Gasteiger partial charge in [0.15, 0.2) is 0 Å². The second-order valence-corrected chi connectivity index (χ2v) is 6.72. The summed E-state index contributed by atoms with van der Waals surface area (Å²) in [6.45, 7) is 5.59. The largest absolute Gasteiger partial charge is 0.340 e. The van der Waals surface area contributed by atoms with Crippen LogP contribution in [0.5, 0.6) is 0 Å². The molecule has 4 nitrogen and oxygen atoms in total. The molecule has 0 aliphatic carbocycles. The number of carbonyl (C=O) groups excluding carboxylic acids is 1. The normalized spacial score (nSPS) is 23.0. The maximum Gasteiger partial charge on any atom is 0.224 e. The Labute approximate surface area is 137 Å². The predicted molar refractivity (Wildman–Crippen MR) is 89.0 cm³/mol. The van der Waals surface area contributed by atoms with E-state index in [-0.39, 0.29) is 0 Å². The van der Waals surface area contributed by atoms with Gasteiger partial charge in [0.25, 0.3) is 0 Å². The summed E-state index contributed by atoms with van der Waals surface area (Å²) >= 11 is 5.92. The van der Waals surface area contributed by atoms with E-state index in [9.17, 15) is 4.79 Å². The summed E-state index contributed by atoms with van der Waals surface area (Å²) in [6, 6.07) is 8.42. The van der Waals surface area contributed by atoms with Gasteiger partial charge < -0.3 is 10.2 Å². The molecule has 3 rings (SSSR count). The Morgan fingerprint density at radius 2 is 1.91 bits per heavy atom. The molecule has 2 saturated heterocycles. The number of hydrogen-bond acceptors (Lipinski definition) is 3. The van der Waals surface area contributed by atoms with E-state index in [0.717, 1.165) is 50.7 Å². The first-order chi connectivity index (χ1) is 10.7. The Bertz CT molecular complexity index is 491. The average Bonchev–Trinajstić information content (AvgIpc) is 3.03. The summed E-state index contributed by atoms with van der Waals surface area (Å²) < 4.78 is 0. The minimum absolute atomic E-state index is 0.311. The van der Waals surface area contributed by atoms with Gasteiger partial charge in [-0.25, -0.2) is 0 Å². The minimum Gasteiger partial charge on any atom is -0.340 e. The number of hydrogen-bond donors (Lipinski definition) is 1. The van der Waals surface area contributed by atoms with Crippen LogP contribution in [0.1, 0.15) is 24.8 Å². The highest BCUT2D eigenvalue weighted by Crippen LogP contribution is 2.15. The molecule has 1 aromatic carbocycles. The summed E-state index contributed by atoms with van der Waals surface area (Å²) in [5.74, 6) is 0.311. The van der Waals surface area contributed by atoms with E-state index in [1.54, 1.807) is 0 Å². The first-order valence-corrected chi connectivity index (χ1v) is 8.56. The number of nitrogens with one attached hydrogen (secondary N) is 1. The fourth-order valence-corrected chi connectivity index (χ4v) is 3.40. The van der Waals surface area contributed by atoms with Crippen LogP contribution in [0.25, 0.3) is 0 Å². The zero-order chi connectivity index (χ0) is 15.4. The van der Waals surface area contributed by atoms with Crippen molar-refractivity contribution in [3.63, 3.8) is 0 Å². The van der Waals surface area contributed by atoms with Crippen molar-refractivity contribution in [2.75, 3.05) is 32.7 Å². The van der Waals surface area contributed by atoms with Crippen molar-refractivity contribution in [2.24, 2.45) is 0 Å². The molecule has 1 amide bonds. The fourth-order valence-electron chi connectivity index (χ4n) is 3.27. The number of piperazine rings is 1. The minimum atomic E-state index is 0.311. The van der Waals surface area contributed by atoms with Gasteiger partial charge in [0.05, 0.1) is 0 Å². The Kier molecular flexibility index (Phi) is 5.34. The molecule has 0 spiro atoms. The van der Waals surface area contributed by atoms with E-state index in [1.165, 1.54) is 12.0 Å². The molecule has 22 heavy (non-hydrogen) atoms. The molecule has 2 aliphatic rings. The average molecular weight is 322 g/mol. The highest BCUT2D eigenvalue weighted by molar-refractivity contribution is 6.30. The first-order valence-electron chi connectivity index (χ1n) is 8.19. The van der Waals surface area contributed by atoms with Crippen molar-refractivity contribution in [2.45, 2.75) is 31.8 Å². The summed E-state index contributed by atoms with van der Waals surface area (Å²) in [7, 11) is 0. The van der Waals surface area contributed by atoms with E-state index in [1.807, 2.05) is 17.0 Å². The van der Waals surface area contributed by atoms with Gasteiger partial charge >= 0.3 is 0 Å². The number of halogens is 1. The third-order valence-electron chi connectivity index (χ3n) is 4.63. The van der Waals surface area contributed by atoms with Crippen molar-refractivity contribution in [3.8, 4) is 0 Å². The Balaban J connectivity index is 1.43. The van der Waals surface area contributed by atoms with Gasteiger partial charge in [-0.2, -0.15) is 0 Å². The molecule has 1 N–H and O–H groups in total. The number of carbonyl (C=O) groups is 1. The van der Waals surface area contributed by atoms with Crippen molar-refractivity contribution >= 4 is 17.5 Å². The van der Waals surface area contributed by atoms with Crippen molar-refractivity contribution in [1.82, 2.24) is 15.1 Å². The lowest BCUT2D eigenvalue weighted by Crippen LogP contribution is -2.49. The monoisotopic (exact) mass is 321 g/mol. The molecule has 2 aliphatic heterocycles. The lowest BCUT2D eigenvalue weighted by atomic mass is 10.1. The second kappa shape index (κ2) is 7.44. The maximum atomic E-state index is 12.3. The highest BCUT2D eigenvalue weighted by atomic mass is 35.5. The molecular weight excluding hydrogens is 298 g/mol. The third-order valence-corrected chi connectivity index (χ3v) is 4.88. The van der Waals surface area contributed by atoms with Crippen molar-refractivity contribution in [1.29, 1.82) is 0 Å². The van der Waals surface area contributed by atoms with Crippen LogP contribution in [0.3, 0.4) is 0 Å². The van der Waals surface area contributed by atoms with Gasteiger partial charge in [0.2, 0.25) is 5.91 Å². The lowest BCUT2D eigenvalue weighted by Gasteiger charge is -2.35. The molecule has 0 bridgehead atoms. The number of benzene rings is 1. The molecule has 1 unspecified atom stereocenters. The molecule has 2 heterocycles. The standard InChI is InChI=1S/C17H24ClN3O/c18-15-5-3-14(4-6-15)13-20-8-10-21(11-9-20)17(22)12-16-2-1-7-19-16/h3-6,16,19H,1-2,7-13H2. The lowest BCUT2D eigenvalue weighted by molar-refractivity contribution is -0.133. The van der Waals surface area contributed by atoms with E-state index in [4.69, 9.17) is 11.6 Å². The molecule has 0 radical (unpaired) electrons. The van der Waals surface area contributed by atoms with Gasteiger partial charge in [-0.3, -0.25) is 9.69 Å². The van der Waals surface area contributed by atoms with E-state index in [0.29, 0.717) is 18.4 Å². The van der Waals surface area contributed by atoms with Crippen molar-refractivity contribution < 1.29 is 4.79 Å². The van der Waals surface area contributed by atoms with E-state index >= 15 is 0 Å². The highest BCUT2D eigenvalue weighted by Gasteiger charge is 2.24. The summed E-state index contributed by atoms with van der Waals surface area (Å²) in [4.78, 5) is 16.7. The topological polar surface area (TPSA) is 35.6 Å². The molecule has 1 atom stereocenters. The smallest absolute Gasteiger partial charge is 0.224 e. The Morgan fingerprint density at radius 1 is 1.18 bits per heavy atom. The molecular formula is C17H24ClN3O. The molecule has 0 aromatic heterocycles. The van der Waals surface area contributed by atoms with Crippen molar-refractivity contribution in [3.05, 3.63) is 34.9 Å². The van der Waals surface area contributed by atoms with Crippen LogP contribution in [0.2, 0.25) is 5.02 Å². The zero-order valence-electron chi connectivity index (χ0n) is 12.9. The Morgan fingerprint density at radius 3 is 2.55 bits per heavy atom. The Hall–Kier alpha value is -1.10. The quantitative estimate of drug-likeness (QED) is 0.923. The van der Waals surface area contributed by atoms with Gasteiger partial charge in [0, 0.05) is 50.2 Å². The van der Waals surface area contributed by atoms with Crippen LogP contribution in [0.4, 0.5) is 0 Å². The molecule has 5 heteroatoms. The van der Waals surface area contributed by atoms with Crippen LogP contribution in [0, 0.1) is 0 Å². The molecule has 120 valence electrons. The van der Waals surface area contributed by atoms with Gasteiger partial charge in [-0.1, -0.05) is 23.7 Å². The van der Waals surface area contributed by atoms with Gasteiger partial charge in [0.1, 0.15) is 0 Å². The first kappa shape index (κ1) is 15.8. The maximum absolute atomic E-state index is 12.3. The zero-order valence-corrected chi connectivity index (χ0v) is 13.7. The molecule has 1 aromatic rings. The van der Waals surface area contributed by atoms with E-state index < -0.39 is 0 Å². The molecule has 2 fully saturated rings. The van der Waals surface area contributed by atoms with Crippen LogP contribution in [-0.4, -0.2) is 54.5 Å². The summed E-state index contributed by atoms with van der Waals surface area (Å²) in [5.41, 5.74) is 1.28. The van der Waals surface area contributed by atoms with Gasteiger partial charge in [-0.15, -0.1) is 0 Å². The summed E-state index contributed by atoms with van der Waals surface area (Å²) in [5, 5.41) is 4.18. The predicted octanol–water partition coefficient (Wildman–Crippen LogP) is 2.13. The molecule has 0 saturated carbocycles. The summed E-state index contributed by atoms with van der Waals surface area (Å²) in [6.07, 6.45) is 3.01. The fraction of sp³-hybridized carbons (Fsp3) is 0.588. The van der Waals surface area contributed by atoms with Crippen LogP contribution >= 0.6 is 11.6 Å². The SMILES string of the molecule is O=C(CC1CCCN1)N1CCN(Cc2ccc(Cl)cc2)CC1. The number of rotatable bonds is 4. The second-order valence-electron chi connectivity index (χ2n) is 6.28. The van der Waals surface area contributed by atoms with Crippen LogP contribution in [-0.2, 0) is 11.3 Å². The van der Waals surface area contributed by atoms with Gasteiger partial charge in [-0.05, 0) is 37.1 Å². The van der Waals surface area contributed by atoms with Crippen LogP contribution in [0.15, 0.2) is 24.3 Å².